The average molecular weight is 361 g/mol. The van der Waals surface area contributed by atoms with E-state index >= 15 is 0 Å². The molecule has 0 spiro atoms. The summed E-state index contributed by atoms with van der Waals surface area (Å²) in [5.74, 6) is 1.85. The van der Waals surface area contributed by atoms with Gasteiger partial charge in [-0.3, -0.25) is 4.99 Å². The second-order valence-corrected chi connectivity index (χ2v) is 6.34. The Morgan fingerprint density at radius 1 is 1.23 bits per heavy atom. The number of furan rings is 1. The van der Waals surface area contributed by atoms with Crippen molar-refractivity contribution in [2.75, 3.05) is 53.5 Å². The number of para-hydroxylation sites is 1. The molecule has 144 valence electrons. The largest absolute Gasteiger partial charge is 0.461 e. The maximum atomic E-state index is 5.85. The number of methoxy groups -OCH3 is 1. The predicted octanol–water partition coefficient (Wildman–Crippen LogP) is 2.50. The number of fused-ring (bicyclic) bond motifs is 1. The molecule has 0 saturated heterocycles. The minimum Gasteiger partial charge on any atom is -0.461 e. The number of aliphatic imine (C=N–C) groups is 1. The van der Waals surface area contributed by atoms with Crippen molar-refractivity contribution in [1.29, 1.82) is 0 Å². The summed E-state index contributed by atoms with van der Waals surface area (Å²) in [4.78, 5) is 6.92. The number of rotatable bonds is 11. The third-order valence-electron chi connectivity index (χ3n) is 4.12. The molecule has 0 atom stereocenters. The minimum atomic E-state index is 0.767. The van der Waals surface area contributed by atoms with Crippen molar-refractivity contribution >= 4 is 16.9 Å². The fourth-order valence-corrected chi connectivity index (χ4v) is 2.73. The van der Waals surface area contributed by atoms with Crippen LogP contribution in [0.2, 0.25) is 0 Å². The highest BCUT2D eigenvalue weighted by Gasteiger charge is 2.04. The first-order valence-electron chi connectivity index (χ1n) is 9.40. The molecule has 1 heterocycles. The predicted molar refractivity (Wildman–Crippen MR) is 108 cm³/mol. The van der Waals surface area contributed by atoms with Crippen molar-refractivity contribution in [3.63, 3.8) is 0 Å². The van der Waals surface area contributed by atoms with E-state index in [1.807, 2.05) is 18.2 Å². The van der Waals surface area contributed by atoms with Crippen molar-refractivity contribution < 1.29 is 9.15 Å². The first-order valence-corrected chi connectivity index (χ1v) is 9.40. The van der Waals surface area contributed by atoms with Crippen LogP contribution >= 0.6 is 0 Å². The highest BCUT2D eigenvalue weighted by Crippen LogP contribution is 2.18. The zero-order chi connectivity index (χ0) is 18.6. The van der Waals surface area contributed by atoms with Crippen LogP contribution in [0.3, 0.4) is 0 Å². The molecule has 0 amide bonds. The van der Waals surface area contributed by atoms with Gasteiger partial charge in [-0.1, -0.05) is 18.2 Å². The van der Waals surface area contributed by atoms with Gasteiger partial charge in [0, 0.05) is 51.7 Å². The van der Waals surface area contributed by atoms with Crippen LogP contribution in [0.15, 0.2) is 39.7 Å². The molecule has 6 heteroatoms. The van der Waals surface area contributed by atoms with E-state index in [-0.39, 0.29) is 0 Å². The summed E-state index contributed by atoms with van der Waals surface area (Å²) in [5, 5.41) is 7.82. The van der Waals surface area contributed by atoms with Gasteiger partial charge in [-0.05, 0) is 32.5 Å². The van der Waals surface area contributed by atoms with Gasteiger partial charge in [-0.15, -0.1) is 0 Å². The Labute approximate surface area is 156 Å². The Kier molecular flexibility index (Phi) is 9.00. The van der Waals surface area contributed by atoms with E-state index in [9.17, 15) is 0 Å². The molecule has 0 saturated carbocycles. The third kappa shape index (κ3) is 7.06. The molecule has 2 N–H and O–H groups in total. The van der Waals surface area contributed by atoms with Crippen molar-refractivity contribution in [2.45, 2.75) is 19.8 Å². The molecule has 0 bridgehead atoms. The number of likely N-dealkylation sites (N-methyl/N-ethyl adjacent to an activating group) is 1. The third-order valence-corrected chi connectivity index (χ3v) is 4.12. The summed E-state index contributed by atoms with van der Waals surface area (Å²) in [6.07, 6.45) is 1.88. The number of nitrogens with zero attached hydrogens (tertiary/aromatic N) is 2. The van der Waals surface area contributed by atoms with Crippen molar-refractivity contribution in [3.05, 3.63) is 36.1 Å². The van der Waals surface area contributed by atoms with E-state index < -0.39 is 0 Å². The lowest BCUT2D eigenvalue weighted by Crippen LogP contribution is -2.39. The molecule has 1 aromatic heterocycles. The topological polar surface area (TPSA) is 62.0 Å². The van der Waals surface area contributed by atoms with E-state index in [1.54, 1.807) is 7.11 Å². The van der Waals surface area contributed by atoms with E-state index in [1.165, 1.54) is 0 Å². The van der Waals surface area contributed by atoms with E-state index in [2.05, 4.69) is 46.6 Å². The van der Waals surface area contributed by atoms with Crippen LogP contribution in [0.4, 0.5) is 0 Å². The number of benzene rings is 1. The van der Waals surface area contributed by atoms with Crippen molar-refractivity contribution in [2.24, 2.45) is 4.99 Å². The van der Waals surface area contributed by atoms with Crippen LogP contribution in [0, 0.1) is 0 Å². The zero-order valence-corrected chi connectivity index (χ0v) is 16.3. The fourth-order valence-electron chi connectivity index (χ4n) is 2.73. The Bertz CT molecular complexity index is 636. The van der Waals surface area contributed by atoms with Crippen LogP contribution in [0.1, 0.15) is 19.1 Å². The summed E-state index contributed by atoms with van der Waals surface area (Å²) in [5.41, 5.74) is 0.944. The number of guanidine groups is 1. The molecule has 2 rings (SSSR count). The van der Waals surface area contributed by atoms with E-state index in [4.69, 9.17) is 9.15 Å². The van der Waals surface area contributed by atoms with Crippen LogP contribution in [-0.4, -0.2) is 64.3 Å². The fraction of sp³-hybridized carbons (Fsp3) is 0.550. The van der Waals surface area contributed by atoms with Gasteiger partial charge in [0.25, 0.3) is 0 Å². The normalized spacial score (nSPS) is 12.1. The molecule has 0 fully saturated rings. The molecule has 0 unspecified atom stereocenters. The smallest absolute Gasteiger partial charge is 0.191 e. The lowest BCUT2D eigenvalue weighted by Gasteiger charge is -2.16. The molecule has 0 aliphatic heterocycles. The van der Waals surface area contributed by atoms with Crippen molar-refractivity contribution in [1.82, 2.24) is 15.5 Å². The molecule has 6 nitrogen and oxygen atoms in total. The summed E-state index contributed by atoms with van der Waals surface area (Å²) in [6.45, 7) is 7.25. The van der Waals surface area contributed by atoms with Crippen LogP contribution in [0.25, 0.3) is 11.0 Å². The monoisotopic (exact) mass is 360 g/mol. The second-order valence-electron chi connectivity index (χ2n) is 6.34. The van der Waals surface area contributed by atoms with Gasteiger partial charge < -0.3 is 24.7 Å². The highest BCUT2D eigenvalue weighted by atomic mass is 16.5. The SMILES string of the molecule is CCNC(=NCCN(C)CCCOC)NCCc1cc2ccccc2o1. The van der Waals surface area contributed by atoms with Gasteiger partial charge in [-0.2, -0.15) is 0 Å². The van der Waals surface area contributed by atoms with Crippen LogP contribution in [-0.2, 0) is 11.2 Å². The maximum Gasteiger partial charge on any atom is 0.191 e. The maximum absolute atomic E-state index is 5.85. The van der Waals surface area contributed by atoms with Gasteiger partial charge in [0.1, 0.15) is 11.3 Å². The first kappa shape index (κ1) is 20.3. The first-order chi connectivity index (χ1) is 12.7. The molecule has 1 aromatic carbocycles. The minimum absolute atomic E-state index is 0.767. The van der Waals surface area contributed by atoms with E-state index in [0.29, 0.717) is 0 Å². The Morgan fingerprint density at radius 2 is 2.08 bits per heavy atom. The number of nitrogens with one attached hydrogen (secondary N) is 2. The molecule has 0 radical (unpaired) electrons. The lowest BCUT2D eigenvalue weighted by atomic mass is 10.2. The summed E-state index contributed by atoms with van der Waals surface area (Å²) in [7, 11) is 3.86. The Morgan fingerprint density at radius 3 is 2.85 bits per heavy atom. The van der Waals surface area contributed by atoms with Gasteiger partial charge in [-0.25, -0.2) is 0 Å². The summed E-state index contributed by atoms with van der Waals surface area (Å²) >= 11 is 0. The Hall–Kier alpha value is -2.05. The van der Waals surface area contributed by atoms with Gasteiger partial charge >= 0.3 is 0 Å². The summed E-state index contributed by atoms with van der Waals surface area (Å²) < 4.78 is 10.9. The number of hydrogen-bond acceptors (Lipinski definition) is 4. The zero-order valence-electron chi connectivity index (χ0n) is 16.3. The molecule has 2 aromatic rings. The van der Waals surface area contributed by atoms with Gasteiger partial charge in [0.05, 0.1) is 6.54 Å². The molecule has 0 aliphatic carbocycles. The second kappa shape index (κ2) is 11.5. The number of hydrogen-bond donors (Lipinski definition) is 2. The molecule has 0 aliphatic rings. The standard InChI is InChI=1S/C20H32N4O2/c1-4-21-20(23-12-14-24(2)13-7-15-25-3)22-11-10-18-16-17-8-5-6-9-19(17)26-18/h5-6,8-9,16H,4,7,10-15H2,1-3H3,(H2,21,22,23). The van der Waals surface area contributed by atoms with E-state index in [0.717, 1.165) is 74.9 Å². The lowest BCUT2D eigenvalue weighted by molar-refractivity contribution is 0.180. The summed E-state index contributed by atoms with van der Waals surface area (Å²) in [6, 6.07) is 10.2. The van der Waals surface area contributed by atoms with Crippen molar-refractivity contribution in [3.8, 4) is 0 Å². The molecule has 26 heavy (non-hydrogen) atoms. The van der Waals surface area contributed by atoms with Gasteiger partial charge in [0.15, 0.2) is 5.96 Å². The van der Waals surface area contributed by atoms with Gasteiger partial charge in [0.2, 0.25) is 0 Å². The quantitative estimate of drug-likeness (QED) is 0.366. The molecular weight excluding hydrogens is 328 g/mol. The molecular formula is C20H32N4O2. The Balaban J connectivity index is 1.74. The number of ether oxygens (including phenoxy) is 1. The van der Waals surface area contributed by atoms with Crippen LogP contribution < -0.4 is 10.6 Å². The van der Waals surface area contributed by atoms with Crippen LogP contribution in [0.5, 0.6) is 0 Å². The highest BCUT2D eigenvalue weighted by molar-refractivity contribution is 5.80. The average Bonchev–Trinajstić information content (AvgIpc) is 3.04.